The summed E-state index contributed by atoms with van der Waals surface area (Å²) in [6.07, 6.45) is 1.30. The summed E-state index contributed by atoms with van der Waals surface area (Å²) in [5.74, 6) is 0.790. The number of aliphatic hydroxyl groups excluding tert-OH is 1. The van der Waals surface area contributed by atoms with Gasteiger partial charge in [-0.1, -0.05) is 18.2 Å². The number of fused-ring (bicyclic) bond motifs is 1. The number of aryl methyl sites for hydroxylation is 2. The maximum absolute atomic E-state index is 10.8. The Labute approximate surface area is 123 Å². The highest BCUT2D eigenvalue weighted by molar-refractivity contribution is 5.39. The molecule has 0 aliphatic carbocycles. The Hall–Kier alpha value is -2.32. The van der Waals surface area contributed by atoms with E-state index in [-0.39, 0.29) is 6.61 Å². The van der Waals surface area contributed by atoms with E-state index in [0.29, 0.717) is 12.0 Å². The van der Waals surface area contributed by atoms with E-state index in [2.05, 4.69) is 11.2 Å². The molecular formula is C16H17N3O2. The highest BCUT2D eigenvalue weighted by Crippen LogP contribution is 2.43. The highest BCUT2D eigenvalue weighted by Gasteiger charge is 2.44. The largest absolute Gasteiger partial charge is 0.492 e. The summed E-state index contributed by atoms with van der Waals surface area (Å²) in [5.41, 5.74) is 1.38. The number of aromatic nitrogens is 2. The molecule has 5 nitrogen and oxygen atoms in total. The van der Waals surface area contributed by atoms with Crippen molar-refractivity contribution in [2.24, 2.45) is 12.5 Å². The van der Waals surface area contributed by atoms with Gasteiger partial charge in [0.2, 0.25) is 0 Å². The van der Waals surface area contributed by atoms with E-state index in [4.69, 9.17) is 4.74 Å². The molecule has 1 aliphatic rings. The third-order valence-electron chi connectivity index (χ3n) is 4.06. The predicted octanol–water partition coefficient (Wildman–Crippen LogP) is 1.91. The van der Waals surface area contributed by atoms with Crippen molar-refractivity contribution in [3.05, 3.63) is 47.3 Å². The van der Waals surface area contributed by atoms with Gasteiger partial charge in [-0.05, 0) is 18.6 Å². The van der Waals surface area contributed by atoms with E-state index in [0.717, 1.165) is 17.0 Å². The van der Waals surface area contributed by atoms with E-state index < -0.39 is 11.5 Å². The van der Waals surface area contributed by atoms with Crippen LogP contribution in [-0.4, -0.2) is 21.5 Å². The van der Waals surface area contributed by atoms with Crippen LogP contribution in [0.4, 0.5) is 0 Å². The van der Waals surface area contributed by atoms with Gasteiger partial charge in [0.25, 0.3) is 0 Å². The zero-order valence-electron chi connectivity index (χ0n) is 12.1. The summed E-state index contributed by atoms with van der Waals surface area (Å²) >= 11 is 0. The van der Waals surface area contributed by atoms with Crippen molar-refractivity contribution in [2.75, 3.05) is 6.61 Å². The molecule has 2 unspecified atom stereocenters. The monoisotopic (exact) mass is 283 g/mol. The maximum atomic E-state index is 10.8. The van der Waals surface area contributed by atoms with Crippen LogP contribution in [-0.2, 0) is 13.5 Å². The van der Waals surface area contributed by atoms with Crippen molar-refractivity contribution >= 4 is 0 Å². The molecular weight excluding hydrogens is 266 g/mol. The van der Waals surface area contributed by atoms with Gasteiger partial charge in [0.15, 0.2) is 0 Å². The number of benzene rings is 1. The first-order chi connectivity index (χ1) is 10.1. The predicted molar refractivity (Wildman–Crippen MR) is 76.6 cm³/mol. The van der Waals surface area contributed by atoms with Crippen LogP contribution in [0.25, 0.3) is 0 Å². The standard InChI is InChI=1S/C16H17N3O2/c1-11-13(8-19(2)18-11)15(20)16(9-17)7-12-5-3-4-6-14(12)21-10-16/h3-6,8,15,20H,7,10H2,1-2H3. The topological polar surface area (TPSA) is 71.1 Å². The van der Waals surface area contributed by atoms with E-state index in [1.807, 2.05) is 31.2 Å². The molecule has 1 N–H and O–H groups in total. The van der Waals surface area contributed by atoms with E-state index in [1.165, 1.54) is 0 Å². The first-order valence-corrected chi connectivity index (χ1v) is 6.86. The second kappa shape index (κ2) is 4.90. The summed E-state index contributed by atoms with van der Waals surface area (Å²) in [5, 5.41) is 24.7. The Morgan fingerprint density at radius 2 is 2.24 bits per heavy atom. The second-order valence-electron chi connectivity index (χ2n) is 5.59. The number of nitriles is 1. The number of hydrogen-bond donors (Lipinski definition) is 1. The number of hydrogen-bond acceptors (Lipinski definition) is 4. The molecule has 0 spiro atoms. The third-order valence-corrected chi connectivity index (χ3v) is 4.06. The van der Waals surface area contributed by atoms with Gasteiger partial charge in [0.1, 0.15) is 23.9 Å². The molecule has 21 heavy (non-hydrogen) atoms. The minimum absolute atomic E-state index is 0.177. The molecule has 0 saturated carbocycles. The van der Waals surface area contributed by atoms with Crippen molar-refractivity contribution in [3.63, 3.8) is 0 Å². The van der Waals surface area contributed by atoms with E-state index in [1.54, 1.807) is 17.9 Å². The zero-order chi connectivity index (χ0) is 15.0. The van der Waals surface area contributed by atoms with Crippen molar-refractivity contribution < 1.29 is 9.84 Å². The Morgan fingerprint density at radius 1 is 1.48 bits per heavy atom. The van der Waals surface area contributed by atoms with Gasteiger partial charge in [-0.15, -0.1) is 0 Å². The van der Waals surface area contributed by atoms with Gasteiger partial charge in [0.05, 0.1) is 11.8 Å². The molecule has 108 valence electrons. The third kappa shape index (κ3) is 2.18. The van der Waals surface area contributed by atoms with Gasteiger partial charge in [0, 0.05) is 25.2 Å². The molecule has 1 aromatic heterocycles. The van der Waals surface area contributed by atoms with Crippen LogP contribution >= 0.6 is 0 Å². The van der Waals surface area contributed by atoms with Gasteiger partial charge in [-0.2, -0.15) is 10.4 Å². The first kappa shape index (κ1) is 13.7. The van der Waals surface area contributed by atoms with Gasteiger partial charge < -0.3 is 9.84 Å². The van der Waals surface area contributed by atoms with Crippen LogP contribution < -0.4 is 4.74 Å². The molecule has 3 rings (SSSR count). The van der Waals surface area contributed by atoms with Crippen LogP contribution in [0.15, 0.2) is 30.5 Å². The fourth-order valence-corrected chi connectivity index (χ4v) is 2.88. The fourth-order valence-electron chi connectivity index (χ4n) is 2.88. The quantitative estimate of drug-likeness (QED) is 0.914. The molecule has 2 heterocycles. The SMILES string of the molecule is Cc1nn(C)cc1C(O)C1(C#N)COc2ccccc2C1. The van der Waals surface area contributed by atoms with Crippen LogP contribution in [0.2, 0.25) is 0 Å². The molecule has 5 heteroatoms. The molecule has 2 atom stereocenters. The lowest BCUT2D eigenvalue weighted by Gasteiger charge is -2.35. The van der Waals surface area contributed by atoms with Crippen molar-refractivity contribution in [1.82, 2.24) is 9.78 Å². The van der Waals surface area contributed by atoms with Crippen LogP contribution in [0, 0.1) is 23.7 Å². The fraction of sp³-hybridized carbons (Fsp3) is 0.375. The summed E-state index contributed by atoms with van der Waals surface area (Å²) in [6.45, 7) is 2.01. The van der Waals surface area contributed by atoms with Crippen molar-refractivity contribution in [1.29, 1.82) is 5.26 Å². The zero-order valence-corrected chi connectivity index (χ0v) is 12.1. The molecule has 0 bridgehead atoms. The van der Waals surface area contributed by atoms with Gasteiger partial charge in [-0.25, -0.2) is 0 Å². The lowest BCUT2D eigenvalue weighted by Crippen LogP contribution is -2.39. The number of para-hydroxylation sites is 1. The lowest BCUT2D eigenvalue weighted by molar-refractivity contribution is 0.0168. The molecule has 0 fully saturated rings. The number of rotatable bonds is 2. The molecule has 0 saturated heterocycles. The van der Waals surface area contributed by atoms with E-state index in [9.17, 15) is 10.4 Å². The Bertz CT molecular complexity index is 717. The minimum atomic E-state index is -0.984. The average molecular weight is 283 g/mol. The average Bonchev–Trinajstić information content (AvgIpc) is 2.84. The van der Waals surface area contributed by atoms with E-state index >= 15 is 0 Å². The first-order valence-electron chi connectivity index (χ1n) is 6.86. The normalized spacial score (nSPS) is 22.0. The Morgan fingerprint density at radius 3 is 2.90 bits per heavy atom. The lowest BCUT2D eigenvalue weighted by atomic mass is 9.74. The summed E-state index contributed by atoms with van der Waals surface area (Å²) < 4.78 is 7.36. The highest BCUT2D eigenvalue weighted by atomic mass is 16.5. The van der Waals surface area contributed by atoms with Gasteiger partial charge in [-0.3, -0.25) is 4.68 Å². The number of ether oxygens (including phenoxy) is 1. The smallest absolute Gasteiger partial charge is 0.125 e. The molecule has 2 aromatic rings. The van der Waals surface area contributed by atoms with Crippen LogP contribution in [0.5, 0.6) is 5.75 Å². The summed E-state index contributed by atoms with van der Waals surface area (Å²) in [6, 6.07) is 9.92. The summed E-state index contributed by atoms with van der Waals surface area (Å²) in [7, 11) is 1.80. The van der Waals surface area contributed by atoms with Crippen LogP contribution in [0.3, 0.4) is 0 Å². The Kier molecular flexibility index (Phi) is 3.19. The number of aliphatic hydroxyl groups is 1. The van der Waals surface area contributed by atoms with Crippen molar-refractivity contribution in [3.8, 4) is 11.8 Å². The van der Waals surface area contributed by atoms with Crippen molar-refractivity contribution in [2.45, 2.75) is 19.4 Å². The number of nitrogens with zero attached hydrogens (tertiary/aromatic N) is 3. The minimum Gasteiger partial charge on any atom is -0.492 e. The second-order valence-corrected chi connectivity index (χ2v) is 5.59. The Balaban J connectivity index is 1.99. The van der Waals surface area contributed by atoms with Crippen LogP contribution in [0.1, 0.15) is 22.9 Å². The maximum Gasteiger partial charge on any atom is 0.125 e. The molecule has 1 aromatic carbocycles. The molecule has 0 amide bonds. The summed E-state index contributed by atoms with van der Waals surface area (Å²) in [4.78, 5) is 0. The molecule has 1 aliphatic heterocycles. The molecule has 0 radical (unpaired) electrons. The van der Waals surface area contributed by atoms with Gasteiger partial charge >= 0.3 is 0 Å².